The largest absolute Gasteiger partial charge is 0.393 e. The van der Waals surface area contributed by atoms with E-state index in [4.69, 9.17) is 4.74 Å². The number of allylic oxidation sites excluding steroid dienone is 2. The number of ether oxygens (including phenoxy) is 1. The second-order valence-corrected chi connectivity index (χ2v) is 18.5. The van der Waals surface area contributed by atoms with Gasteiger partial charge in [0.05, 0.1) is 24.0 Å². The van der Waals surface area contributed by atoms with Crippen LogP contribution >= 0.6 is 0 Å². The van der Waals surface area contributed by atoms with E-state index in [1.54, 1.807) is 0 Å². The molecule has 55 heavy (non-hydrogen) atoms. The lowest BCUT2D eigenvalue weighted by molar-refractivity contribution is -0.151. The third-order valence-corrected chi connectivity index (χ3v) is 15.2. The summed E-state index contributed by atoms with van der Waals surface area (Å²) in [6.07, 6.45) is 25.4. The monoisotopic (exact) mass is 765 g/mol. The van der Waals surface area contributed by atoms with E-state index >= 15 is 0 Å². The van der Waals surface area contributed by atoms with Gasteiger partial charge in [-0.3, -0.25) is 34.3 Å². The summed E-state index contributed by atoms with van der Waals surface area (Å²) in [6, 6.07) is -0.537. The highest BCUT2D eigenvalue weighted by atomic mass is 16.5. The van der Waals surface area contributed by atoms with Gasteiger partial charge in [-0.05, 0) is 133 Å². The average Bonchev–Trinajstić information content (AvgIpc) is 3.45. The molecule has 7 aliphatic rings. The Morgan fingerprint density at radius 2 is 1.38 bits per heavy atom. The van der Waals surface area contributed by atoms with Gasteiger partial charge in [0.1, 0.15) is 6.04 Å². The fraction of sp³-hybridized carbons (Fsp3) is 0.867. The van der Waals surface area contributed by atoms with Gasteiger partial charge in [0.15, 0.2) is 0 Å². The van der Waals surface area contributed by atoms with Crippen molar-refractivity contribution >= 4 is 23.6 Å². The molecule has 3 heterocycles. The number of nitrogens with one attached hydrogen (secondary N) is 1. The van der Waals surface area contributed by atoms with Crippen LogP contribution < -0.4 is 5.32 Å². The Bertz CT molecular complexity index is 1350. The molecule has 10 heteroatoms. The summed E-state index contributed by atoms with van der Waals surface area (Å²) in [7, 11) is 0. The number of amides is 4. The molecule has 4 amide bonds. The number of piperidine rings is 1. The van der Waals surface area contributed by atoms with Crippen LogP contribution in [0.1, 0.15) is 155 Å². The summed E-state index contributed by atoms with van der Waals surface area (Å²) in [5.74, 6) is 0.313. The lowest BCUT2D eigenvalue weighted by atomic mass is 9.68. The van der Waals surface area contributed by atoms with E-state index in [-0.39, 0.29) is 48.5 Å². The number of hydrogen-bond donors (Lipinski definition) is 2. The van der Waals surface area contributed by atoms with Crippen LogP contribution in [0.4, 0.5) is 0 Å². The Labute approximate surface area is 330 Å². The predicted octanol–water partition coefficient (Wildman–Crippen LogP) is 6.54. The Morgan fingerprint density at radius 3 is 2.07 bits per heavy atom. The zero-order valence-corrected chi connectivity index (χ0v) is 34.0. The topological polar surface area (TPSA) is 119 Å². The van der Waals surface area contributed by atoms with Crippen molar-refractivity contribution in [2.75, 3.05) is 39.3 Å². The van der Waals surface area contributed by atoms with Crippen molar-refractivity contribution in [3.63, 3.8) is 0 Å². The highest BCUT2D eigenvalue weighted by Gasteiger charge is 2.54. The number of aliphatic hydroxyl groups is 1. The second-order valence-electron chi connectivity index (χ2n) is 18.5. The maximum atomic E-state index is 13.4. The fourth-order valence-electron chi connectivity index (χ4n) is 12.1. The summed E-state index contributed by atoms with van der Waals surface area (Å²) in [4.78, 5) is 57.0. The van der Waals surface area contributed by atoms with Crippen molar-refractivity contribution in [3.05, 3.63) is 11.1 Å². The van der Waals surface area contributed by atoms with E-state index in [1.807, 2.05) is 11.1 Å². The van der Waals surface area contributed by atoms with Crippen molar-refractivity contribution < 1.29 is 29.0 Å². The molecule has 0 bridgehead atoms. The second kappa shape index (κ2) is 19.5. The average molecular weight is 765 g/mol. The molecule has 0 aromatic heterocycles. The molecule has 0 aromatic rings. The molecule has 4 saturated carbocycles. The first-order valence-corrected chi connectivity index (χ1v) is 23.0. The first-order chi connectivity index (χ1) is 26.8. The molecular formula is C45H72N4O6. The van der Waals surface area contributed by atoms with Crippen molar-refractivity contribution in [3.8, 4) is 0 Å². The molecule has 308 valence electrons. The molecule has 0 spiro atoms. The van der Waals surface area contributed by atoms with Crippen LogP contribution in [0.3, 0.4) is 0 Å². The van der Waals surface area contributed by atoms with Gasteiger partial charge in [-0.25, -0.2) is 0 Å². The molecular weight excluding hydrogens is 693 g/mol. The highest BCUT2D eigenvalue weighted by Crippen LogP contribution is 2.46. The number of carbonyl (C=O) groups excluding carboxylic acids is 4. The summed E-state index contributed by atoms with van der Waals surface area (Å²) in [5, 5.41) is 12.6. The van der Waals surface area contributed by atoms with Crippen molar-refractivity contribution in [2.24, 2.45) is 29.6 Å². The molecule has 2 N–H and O–H groups in total. The van der Waals surface area contributed by atoms with Gasteiger partial charge in [0.25, 0.3) is 0 Å². The first-order valence-electron chi connectivity index (χ1n) is 23.0. The number of rotatable bonds is 14. The Balaban J connectivity index is 0.766. The molecule has 4 aliphatic carbocycles. The maximum Gasteiger partial charge on any atom is 0.249 e. The van der Waals surface area contributed by atoms with Crippen molar-refractivity contribution in [2.45, 2.75) is 179 Å². The SMILES string of the molecule is CC/C(=C(\C1CCC(O)CC1)C1CCC(OCCCCCCN2CCN(C3CCC4C(=O)N(C5CCC(=O)NC5=O)C(=O)C4C3)CC2)CC1)C1CCCCC1. The van der Waals surface area contributed by atoms with Gasteiger partial charge < -0.3 is 14.7 Å². The first kappa shape index (κ1) is 41.0. The number of unbranched alkanes of at least 4 members (excludes halogenated alkanes) is 3. The van der Waals surface area contributed by atoms with E-state index < -0.39 is 11.9 Å². The standard InChI is InChI=1S/C45H72N4O6/c1-2-37(31-10-6-5-7-11-31)42(32-12-17-35(50)18-13-32)33-14-19-36(20-15-33)55-29-9-4-3-8-24-47-25-27-48(28-26-47)34-16-21-38-39(30-34)45(54)49(44(38)53)40-22-23-41(51)46-43(40)52/h31-36,38-40,50H,2-30H2,1H3,(H,46,51,52)/b42-37-. The summed E-state index contributed by atoms with van der Waals surface area (Å²) in [6.45, 7) is 8.53. The molecule has 0 aromatic carbocycles. The summed E-state index contributed by atoms with van der Waals surface area (Å²) < 4.78 is 6.49. The highest BCUT2D eigenvalue weighted by molar-refractivity contribution is 6.10. The van der Waals surface area contributed by atoms with Crippen LogP contribution in [0.15, 0.2) is 11.1 Å². The third kappa shape index (κ3) is 9.94. The fourth-order valence-corrected chi connectivity index (χ4v) is 12.1. The van der Waals surface area contributed by atoms with Crippen LogP contribution in [0.2, 0.25) is 0 Å². The number of nitrogens with zero attached hydrogens (tertiary/aromatic N) is 3. The van der Waals surface area contributed by atoms with Gasteiger partial charge in [-0.1, -0.05) is 50.2 Å². The predicted molar refractivity (Wildman–Crippen MR) is 213 cm³/mol. The molecule has 10 nitrogen and oxygen atoms in total. The smallest absolute Gasteiger partial charge is 0.249 e. The summed E-state index contributed by atoms with van der Waals surface area (Å²) >= 11 is 0. The number of piperazine rings is 1. The number of imide groups is 2. The minimum atomic E-state index is -0.840. The van der Waals surface area contributed by atoms with E-state index in [0.29, 0.717) is 30.9 Å². The number of carbonyl (C=O) groups is 4. The molecule has 3 aliphatic heterocycles. The minimum Gasteiger partial charge on any atom is -0.393 e. The normalized spacial score (nSPS) is 35.1. The van der Waals surface area contributed by atoms with Gasteiger partial charge in [-0.2, -0.15) is 0 Å². The van der Waals surface area contributed by atoms with Crippen LogP contribution in [0, 0.1) is 29.6 Å². The number of fused-ring (bicyclic) bond motifs is 1. The molecule has 4 atom stereocenters. The number of likely N-dealkylation sites (tertiary alicyclic amines) is 1. The van der Waals surface area contributed by atoms with E-state index in [0.717, 1.165) is 76.8 Å². The van der Waals surface area contributed by atoms with E-state index in [1.165, 1.54) is 101 Å². The van der Waals surface area contributed by atoms with E-state index in [2.05, 4.69) is 22.0 Å². The lowest BCUT2D eigenvalue weighted by Gasteiger charge is -2.42. The van der Waals surface area contributed by atoms with Gasteiger partial charge in [0, 0.05) is 45.2 Å². The van der Waals surface area contributed by atoms with E-state index in [9.17, 15) is 24.3 Å². The Morgan fingerprint density at radius 1 is 0.709 bits per heavy atom. The van der Waals surface area contributed by atoms with Crippen LogP contribution in [0.25, 0.3) is 0 Å². The summed E-state index contributed by atoms with van der Waals surface area (Å²) in [5.41, 5.74) is 3.68. The minimum absolute atomic E-state index is 0.0834. The third-order valence-electron chi connectivity index (χ3n) is 15.2. The Hall–Kier alpha value is -2.14. The van der Waals surface area contributed by atoms with Gasteiger partial charge >= 0.3 is 0 Å². The van der Waals surface area contributed by atoms with Crippen molar-refractivity contribution in [1.29, 1.82) is 0 Å². The lowest BCUT2D eigenvalue weighted by Crippen LogP contribution is -2.54. The van der Waals surface area contributed by atoms with Crippen LogP contribution in [0.5, 0.6) is 0 Å². The van der Waals surface area contributed by atoms with Crippen LogP contribution in [-0.2, 0) is 23.9 Å². The molecule has 3 saturated heterocycles. The molecule has 0 radical (unpaired) electrons. The number of hydrogen-bond acceptors (Lipinski definition) is 8. The quantitative estimate of drug-likeness (QED) is 0.116. The van der Waals surface area contributed by atoms with Crippen molar-refractivity contribution in [1.82, 2.24) is 20.0 Å². The van der Waals surface area contributed by atoms with Gasteiger partial charge in [-0.15, -0.1) is 0 Å². The van der Waals surface area contributed by atoms with Crippen LogP contribution in [-0.4, -0.2) is 107 Å². The molecule has 4 unspecified atom stereocenters. The number of aliphatic hydroxyl groups excluding tert-OH is 1. The zero-order valence-electron chi connectivity index (χ0n) is 34.0. The molecule has 7 rings (SSSR count). The maximum absolute atomic E-state index is 13.4. The molecule has 7 fully saturated rings. The zero-order chi connectivity index (χ0) is 38.3. The Kier molecular flexibility index (Phi) is 14.6. The van der Waals surface area contributed by atoms with Gasteiger partial charge in [0.2, 0.25) is 23.6 Å².